The third kappa shape index (κ3) is 3.52. The summed E-state index contributed by atoms with van der Waals surface area (Å²) in [7, 11) is -3.79. The highest BCUT2D eigenvalue weighted by atomic mass is 35.5. The van der Waals surface area contributed by atoms with E-state index in [1.165, 1.54) is 24.0 Å². The number of amides is 2. The van der Waals surface area contributed by atoms with Crippen molar-refractivity contribution in [3.05, 3.63) is 23.2 Å². The van der Waals surface area contributed by atoms with E-state index in [1.54, 1.807) is 6.07 Å². The summed E-state index contributed by atoms with van der Waals surface area (Å²) in [4.78, 5) is 24.3. The molecule has 0 aliphatic carbocycles. The molecule has 3 N–H and O–H groups in total. The third-order valence-electron chi connectivity index (χ3n) is 3.11. The lowest BCUT2D eigenvalue weighted by Gasteiger charge is -2.19. The van der Waals surface area contributed by atoms with Crippen molar-refractivity contribution in [1.29, 1.82) is 0 Å². The first kappa shape index (κ1) is 15.7. The van der Waals surface area contributed by atoms with Crippen LogP contribution in [0.1, 0.15) is 13.3 Å². The van der Waals surface area contributed by atoms with Crippen molar-refractivity contribution >= 4 is 44.8 Å². The van der Waals surface area contributed by atoms with Gasteiger partial charge in [0.05, 0.1) is 10.7 Å². The van der Waals surface area contributed by atoms with Crippen LogP contribution in [0.25, 0.3) is 0 Å². The van der Waals surface area contributed by atoms with Gasteiger partial charge in [0.25, 0.3) is 0 Å². The number of benzene rings is 1. The van der Waals surface area contributed by atoms with Crippen molar-refractivity contribution in [3.8, 4) is 0 Å². The Hall–Kier alpha value is -1.64. The maximum atomic E-state index is 12.0. The Kier molecular flexibility index (Phi) is 4.22. The number of anilines is 2. The molecular formula is C12H14ClN3O4S. The first-order valence-corrected chi connectivity index (χ1v) is 8.06. The monoisotopic (exact) mass is 331 g/mol. The van der Waals surface area contributed by atoms with E-state index >= 15 is 0 Å². The second-order valence-electron chi connectivity index (χ2n) is 4.77. The molecule has 1 atom stereocenters. The molecule has 1 saturated heterocycles. The lowest BCUT2D eigenvalue weighted by molar-refractivity contribution is -0.117. The highest BCUT2D eigenvalue weighted by Crippen LogP contribution is 2.33. The molecule has 1 aliphatic rings. The van der Waals surface area contributed by atoms with E-state index in [1.807, 2.05) is 0 Å². The van der Waals surface area contributed by atoms with Gasteiger partial charge in [-0.3, -0.25) is 9.59 Å². The predicted molar refractivity (Wildman–Crippen MR) is 79.6 cm³/mol. The average molecular weight is 332 g/mol. The summed E-state index contributed by atoms with van der Waals surface area (Å²) in [6, 6.07) is 4.64. The van der Waals surface area contributed by atoms with Crippen LogP contribution in [-0.4, -0.2) is 32.0 Å². The number of carbonyl (C=O) groups is 2. The number of hydrogen-bond acceptors (Lipinski definition) is 4. The quantitative estimate of drug-likeness (QED) is 0.849. The minimum Gasteiger partial charge on any atom is -0.326 e. The van der Waals surface area contributed by atoms with Gasteiger partial charge in [0.2, 0.25) is 21.8 Å². The maximum absolute atomic E-state index is 12.0. The zero-order valence-electron chi connectivity index (χ0n) is 11.2. The lowest BCUT2D eigenvalue weighted by atomic mass is 10.2. The molecule has 0 spiro atoms. The predicted octanol–water partition coefficient (Wildman–Crippen LogP) is 0.692. The van der Waals surface area contributed by atoms with Gasteiger partial charge < -0.3 is 10.2 Å². The number of carbonyl (C=O) groups excluding carboxylic acids is 2. The van der Waals surface area contributed by atoms with Crippen LogP contribution in [-0.2, 0) is 19.6 Å². The molecule has 1 fully saturated rings. The number of primary sulfonamides is 1. The topological polar surface area (TPSA) is 110 Å². The molecular weight excluding hydrogens is 318 g/mol. The molecule has 114 valence electrons. The zero-order chi connectivity index (χ0) is 15.8. The summed E-state index contributed by atoms with van der Waals surface area (Å²) < 4.78 is 22.7. The van der Waals surface area contributed by atoms with Gasteiger partial charge in [-0.25, -0.2) is 13.6 Å². The Morgan fingerprint density at radius 2 is 2.14 bits per heavy atom. The fraction of sp³-hybridized carbons (Fsp3) is 0.333. The molecule has 0 saturated carbocycles. The number of rotatable bonds is 3. The van der Waals surface area contributed by atoms with Gasteiger partial charge in [-0.2, -0.15) is 0 Å². The highest BCUT2D eigenvalue weighted by Gasteiger charge is 2.37. The van der Waals surface area contributed by atoms with Crippen molar-refractivity contribution in [3.63, 3.8) is 0 Å². The minimum absolute atomic E-state index is 0.0547. The van der Waals surface area contributed by atoms with Crippen molar-refractivity contribution in [2.75, 3.05) is 16.8 Å². The van der Waals surface area contributed by atoms with Gasteiger partial charge >= 0.3 is 0 Å². The largest absolute Gasteiger partial charge is 0.326 e. The Balaban J connectivity index is 2.33. The van der Waals surface area contributed by atoms with Crippen LogP contribution < -0.4 is 15.4 Å². The lowest BCUT2D eigenvalue weighted by Crippen LogP contribution is -2.32. The van der Waals surface area contributed by atoms with Crippen LogP contribution in [0.5, 0.6) is 0 Å². The van der Waals surface area contributed by atoms with Gasteiger partial charge in [-0.15, -0.1) is 0 Å². The molecule has 1 aliphatic heterocycles. The van der Waals surface area contributed by atoms with E-state index in [2.05, 4.69) is 5.32 Å². The first-order chi connectivity index (χ1) is 9.68. The summed E-state index contributed by atoms with van der Waals surface area (Å²) in [6.07, 6.45) is -0.181. The fourth-order valence-corrected chi connectivity index (χ4v) is 3.08. The Labute approximate surface area is 127 Å². The summed E-state index contributed by atoms with van der Waals surface area (Å²) in [5, 5.41) is 6.99. The number of hydrogen-bond donors (Lipinski definition) is 2. The van der Waals surface area contributed by atoms with Crippen molar-refractivity contribution in [1.82, 2.24) is 0 Å². The first-order valence-electron chi connectivity index (χ1n) is 6.07. The molecule has 1 unspecified atom stereocenters. The molecule has 0 aromatic heterocycles. The number of nitrogens with zero attached hydrogens (tertiary/aromatic N) is 1. The van der Waals surface area contributed by atoms with Crippen LogP contribution in [0.3, 0.4) is 0 Å². The summed E-state index contributed by atoms with van der Waals surface area (Å²) in [6.45, 7) is 1.30. The molecule has 0 radical (unpaired) electrons. The van der Waals surface area contributed by atoms with E-state index in [0.717, 1.165) is 0 Å². The molecule has 0 bridgehead atoms. The van der Waals surface area contributed by atoms with Crippen molar-refractivity contribution in [2.24, 2.45) is 5.14 Å². The van der Waals surface area contributed by atoms with E-state index in [0.29, 0.717) is 11.4 Å². The molecule has 2 rings (SSSR count). The van der Waals surface area contributed by atoms with Crippen LogP contribution >= 0.6 is 11.6 Å². The number of nitrogens with two attached hydrogens (primary N) is 1. The smallest absolute Gasteiger partial charge is 0.228 e. The van der Waals surface area contributed by atoms with Crippen LogP contribution in [0.2, 0.25) is 5.02 Å². The van der Waals surface area contributed by atoms with E-state index in [9.17, 15) is 18.0 Å². The van der Waals surface area contributed by atoms with Gasteiger partial charge in [-0.1, -0.05) is 11.6 Å². The summed E-state index contributed by atoms with van der Waals surface area (Å²) >= 11 is 6.05. The Morgan fingerprint density at radius 1 is 1.48 bits per heavy atom. The molecule has 1 aromatic rings. The third-order valence-corrected chi connectivity index (χ3v) is 4.68. The zero-order valence-corrected chi connectivity index (χ0v) is 12.7. The normalized spacial score (nSPS) is 18.9. The second-order valence-corrected chi connectivity index (χ2v) is 7.02. The highest BCUT2D eigenvalue weighted by molar-refractivity contribution is 7.89. The van der Waals surface area contributed by atoms with Gasteiger partial charge in [0.15, 0.2) is 0 Å². The number of halogens is 1. The van der Waals surface area contributed by atoms with Crippen molar-refractivity contribution in [2.45, 2.75) is 18.6 Å². The maximum Gasteiger partial charge on any atom is 0.228 e. The molecule has 7 nitrogen and oxygen atoms in total. The number of sulfonamides is 1. The van der Waals surface area contributed by atoms with Crippen LogP contribution in [0.15, 0.2) is 18.2 Å². The van der Waals surface area contributed by atoms with Gasteiger partial charge in [-0.05, 0) is 18.2 Å². The Morgan fingerprint density at radius 3 is 2.67 bits per heavy atom. The molecule has 1 heterocycles. The van der Waals surface area contributed by atoms with Gasteiger partial charge in [0.1, 0.15) is 5.25 Å². The Bertz CT molecular complexity index is 704. The standard InChI is InChI=1S/C12H14ClN3O4S/c1-7(17)15-8-2-3-10(13)11(4-8)16-6-9(5-12(16)18)21(14,19)20/h2-4,9H,5-6H2,1H3,(H,15,17)(H2,14,19,20). The number of nitrogens with one attached hydrogen (secondary N) is 1. The van der Waals surface area contributed by atoms with Crippen LogP contribution in [0.4, 0.5) is 11.4 Å². The van der Waals surface area contributed by atoms with Crippen LogP contribution in [0, 0.1) is 0 Å². The molecule has 1 aromatic carbocycles. The fourth-order valence-electron chi connectivity index (χ4n) is 2.13. The average Bonchev–Trinajstić information content (AvgIpc) is 2.73. The molecule has 9 heteroatoms. The van der Waals surface area contributed by atoms with Gasteiger partial charge in [0, 0.05) is 25.6 Å². The SMILES string of the molecule is CC(=O)Nc1ccc(Cl)c(N2CC(S(N)(=O)=O)CC2=O)c1. The van der Waals surface area contributed by atoms with E-state index in [-0.39, 0.29) is 29.8 Å². The summed E-state index contributed by atoms with van der Waals surface area (Å²) in [5.74, 6) is -0.644. The molecule has 21 heavy (non-hydrogen) atoms. The molecule has 2 amide bonds. The minimum atomic E-state index is -3.79. The second kappa shape index (κ2) is 5.63. The van der Waals surface area contributed by atoms with E-state index in [4.69, 9.17) is 16.7 Å². The summed E-state index contributed by atoms with van der Waals surface area (Å²) in [5.41, 5.74) is 0.813. The van der Waals surface area contributed by atoms with Crippen molar-refractivity contribution < 1.29 is 18.0 Å². The van der Waals surface area contributed by atoms with E-state index < -0.39 is 15.3 Å².